The van der Waals surface area contributed by atoms with Gasteiger partial charge in [-0.1, -0.05) is 0 Å². The first-order chi connectivity index (χ1) is 10.1. The zero-order valence-electron chi connectivity index (χ0n) is 11.2. The predicted molar refractivity (Wildman–Crippen MR) is 73.4 cm³/mol. The van der Waals surface area contributed by atoms with Gasteiger partial charge in [0.25, 0.3) is 5.91 Å². The van der Waals surface area contributed by atoms with Gasteiger partial charge >= 0.3 is 5.97 Å². The molecule has 8 nitrogen and oxygen atoms in total. The molecular weight excluding hydrogens is 300 g/mol. The highest BCUT2D eigenvalue weighted by Gasteiger charge is 2.47. The van der Waals surface area contributed by atoms with E-state index in [2.05, 4.69) is 20.6 Å². The van der Waals surface area contributed by atoms with Crippen LogP contribution in [0.5, 0.6) is 0 Å². The topological polar surface area (TPSA) is 102 Å². The molecule has 1 atom stereocenters. The Bertz CT molecular complexity index is 616. The Hall–Kier alpha value is -1.93. The quantitative estimate of drug-likeness (QED) is 0.616. The van der Waals surface area contributed by atoms with E-state index in [0.29, 0.717) is 18.8 Å². The summed E-state index contributed by atoms with van der Waals surface area (Å²) in [6.45, 7) is 2.57. The maximum absolute atomic E-state index is 12.3. The molecule has 2 aliphatic rings. The van der Waals surface area contributed by atoms with Crippen LogP contribution in [0, 0.1) is 0 Å². The number of hydrogen-bond donors (Lipinski definition) is 2. The molecule has 2 aliphatic heterocycles. The second-order valence-corrected chi connectivity index (χ2v) is 5.09. The number of halogens is 1. The van der Waals surface area contributed by atoms with Gasteiger partial charge in [0.05, 0.1) is 13.2 Å². The second kappa shape index (κ2) is 5.12. The number of carbonyl (C=O) groups is 2. The van der Waals surface area contributed by atoms with Crippen LogP contribution in [0.1, 0.15) is 23.8 Å². The van der Waals surface area contributed by atoms with Crippen LogP contribution >= 0.6 is 11.6 Å². The first kappa shape index (κ1) is 14.0. The van der Waals surface area contributed by atoms with E-state index in [1.807, 2.05) is 0 Å². The Labute approximate surface area is 125 Å². The van der Waals surface area contributed by atoms with Gasteiger partial charge in [0.15, 0.2) is 11.5 Å². The molecule has 0 radical (unpaired) electrons. The SMILES string of the molecule is CCOC(=O)c1nc(Cl)nc2c1NC(=O)C1(CCOC1)N2. The van der Waals surface area contributed by atoms with Gasteiger partial charge < -0.3 is 20.1 Å². The molecule has 0 aliphatic carbocycles. The number of carbonyl (C=O) groups excluding carboxylic acids is 2. The fourth-order valence-corrected chi connectivity index (χ4v) is 2.52. The monoisotopic (exact) mass is 312 g/mol. The molecule has 1 spiro atoms. The lowest BCUT2D eigenvalue weighted by atomic mass is 9.95. The number of ether oxygens (including phenoxy) is 2. The third-order valence-electron chi connectivity index (χ3n) is 3.40. The minimum Gasteiger partial charge on any atom is -0.461 e. The summed E-state index contributed by atoms with van der Waals surface area (Å²) in [5.41, 5.74) is -0.766. The summed E-state index contributed by atoms with van der Waals surface area (Å²) < 4.78 is 10.2. The van der Waals surface area contributed by atoms with Crippen molar-refractivity contribution in [1.29, 1.82) is 0 Å². The number of aromatic nitrogens is 2. The van der Waals surface area contributed by atoms with Crippen LogP contribution in [-0.2, 0) is 14.3 Å². The van der Waals surface area contributed by atoms with Crippen molar-refractivity contribution >= 4 is 35.0 Å². The van der Waals surface area contributed by atoms with Crippen molar-refractivity contribution in [3.63, 3.8) is 0 Å². The molecule has 1 amide bonds. The minimum absolute atomic E-state index is 0.0681. The first-order valence-electron chi connectivity index (χ1n) is 6.48. The number of rotatable bonds is 2. The van der Waals surface area contributed by atoms with E-state index in [0.717, 1.165) is 0 Å². The van der Waals surface area contributed by atoms with Crippen molar-refractivity contribution in [1.82, 2.24) is 9.97 Å². The molecule has 1 aromatic rings. The number of fused-ring (bicyclic) bond motifs is 1. The predicted octanol–water partition coefficient (Wildman–Crippen LogP) is 0.830. The molecule has 112 valence electrons. The summed E-state index contributed by atoms with van der Waals surface area (Å²) >= 11 is 5.84. The summed E-state index contributed by atoms with van der Waals surface area (Å²) in [5.74, 6) is -0.661. The van der Waals surface area contributed by atoms with Crippen LogP contribution in [-0.4, -0.2) is 47.2 Å². The Balaban J connectivity index is 2.04. The third kappa shape index (κ3) is 2.30. The average Bonchev–Trinajstić information content (AvgIpc) is 2.90. The number of esters is 1. The molecule has 1 saturated heterocycles. The molecule has 3 rings (SSSR count). The van der Waals surface area contributed by atoms with Crippen LogP contribution in [0.3, 0.4) is 0 Å². The Morgan fingerprint density at radius 2 is 2.33 bits per heavy atom. The van der Waals surface area contributed by atoms with E-state index in [-0.39, 0.29) is 35.8 Å². The zero-order chi connectivity index (χ0) is 15.0. The third-order valence-corrected chi connectivity index (χ3v) is 3.57. The van der Waals surface area contributed by atoms with Gasteiger partial charge in [-0.3, -0.25) is 4.79 Å². The smallest absolute Gasteiger partial charge is 0.359 e. The lowest BCUT2D eigenvalue weighted by molar-refractivity contribution is -0.120. The number of nitrogens with one attached hydrogen (secondary N) is 2. The average molecular weight is 313 g/mol. The van der Waals surface area contributed by atoms with Crippen LogP contribution in [0.4, 0.5) is 11.5 Å². The molecule has 9 heteroatoms. The van der Waals surface area contributed by atoms with Gasteiger partial charge in [-0.25, -0.2) is 9.78 Å². The molecule has 1 fully saturated rings. The maximum atomic E-state index is 12.3. The molecule has 1 unspecified atom stereocenters. The highest BCUT2D eigenvalue weighted by Crippen LogP contribution is 2.36. The van der Waals surface area contributed by atoms with Crippen LogP contribution < -0.4 is 10.6 Å². The van der Waals surface area contributed by atoms with E-state index in [9.17, 15) is 9.59 Å². The first-order valence-corrected chi connectivity index (χ1v) is 6.85. The highest BCUT2D eigenvalue weighted by atomic mass is 35.5. The molecule has 2 N–H and O–H groups in total. The molecule has 0 bridgehead atoms. The summed E-state index contributed by atoms with van der Waals surface area (Å²) in [4.78, 5) is 32.1. The van der Waals surface area contributed by atoms with Crippen molar-refractivity contribution in [2.24, 2.45) is 0 Å². The molecule has 3 heterocycles. The maximum Gasteiger partial charge on any atom is 0.359 e. The standard InChI is InChI=1S/C12H13ClN4O4/c1-2-21-9(18)7-6-8(16-11(13)15-7)17-12(10(19)14-6)3-4-20-5-12/h2-5H2,1H3,(H,14,19)(H,15,16,17). The van der Waals surface area contributed by atoms with E-state index < -0.39 is 11.5 Å². The summed E-state index contributed by atoms with van der Waals surface area (Å²) in [6, 6.07) is 0. The minimum atomic E-state index is -0.878. The molecule has 0 aromatic carbocycles. The van der Waals surface area contributed by atoms with E-state index in [1.165, 1.54) is 0 Å². The van der Waals surface area contributed by atoms with Gasteiger partial charge in [0, 0.05) is 13.0 Å². The molecule has 1 aromatic heterocycles. The Morgan fingerprint density at radius 1 is 1.52 bits per heavy atom. The normalized spacial score (nSPS) is 23.4. The Morgan fingerprint density at radius 3 is 3.00 bits per heavy atom. The number of nitrogens with zero attached hydrogens (tertiary/aromatic N) is 2. The van der Waals surface area contributed by atoms with Crippen molar-refractivity contribution in [2.75, 3.05) is 30.5 Å². The Kier molecular flexibility index (Phi) is 3.42. The molecule has 0 saturated carbocycles. The largest absolute Gasteiger partial charge is 0.461 e. The fraction of sp³-hybridized carbons (Fsp3) is 0.500. The van der Waals surface area contributed by atoms with Gasteiger partial charge in [-0.15, -0.1) is 0 Å². The van der Waals surface area contributed by atoms with E-state index in [1.54, 1.807) is 6.92 Å². The molecular formula is C12H13ClN4O4. The lowest BCUT2D eigenvalue weighted by Gasteiger charge is -2.33. The van der Waals surface area contributed by atoms with Gasteiger partial charge in [-0.05, 0) is 18.5 Å². The van der Waals surface area contributed by atoms with Gasteiger partial charge in [0.1, 0.15) is 11.2 Å². The highest BCUT2D eigenvalue weighted by molar-refractivity contribution is 6.29. The van der Waals surface area contributed by atoms with Gasteiger partial charge in [0.2, 0.25) is 5.28 Å². The van der Waals surface area contributed by atoms with Crippen molar-refractivity contribution < 1.29 is 19.1 Å². The van der Waals surface area contributed by atoms with Gasteiger partial charge in [-0.2, -0.15) is 4.98 Å². The summed E-state index contributed by atoms with van der Waals surface area (Å²) in [6.07, 6.45) is 0.509. The van der Waals surface area contributed by atoms with E-state index >= 15 is 0 Å². The van der Waals surface area contributed by atoms with Crippen LogP contribution in [0.2, 0.25) is 5.28 Å². The summed E-state index contributed by atoms with van der Waals surface area (Å²) in [5, 5.41) is 5.58. The second-order valence-electron chi connectivity index (χ2n) is 4.75. The zero-order valence-corrected chi connectivity index (χ0v) is 12.0. The van der Waals surface area contributed by atoms with E-state index in [4.69, 9.17) is 21.1 Å². The van der Waals surface area contributed by atoms with Crippen molar-refractivity contribution in [2.45, 2.75) is 18.9 Å². The van der Waals surface area contributed by atoms with Crippen LogP contribution in [0.25, 0.3) is 0 Å². The van der Waals surface area contributed by atoms with Crippen molar-refractivity contribution in [3.05, 3.63) is 11.0 Å². The lowest BCUT2D eigenvalue weighted by Crippen LogP contribution is -2.53. The van der Waals surface area contributed by atoms with Crippen molar-refractivity contribution in [3.8, 4) is 0 Å². The number of anilines is 2. The summed E-state index contributed by atoms with van der Waals surface area (Å²) in [7, 11) is 0. The number of hydrogen-bond acceptors (Lipinski definition) is 7. The molecule has 21 heavy (non-hydrogen) atoms. The van der Waals surface area contributed by atoms with Crippen LogP contribution in [0.15, 0.2) is 0 Å². The fourth-order valence-electron chi connectivity index (χ4n) is 2.35. The number of amides is 1.